The third-order valence-corrected chi connectivity index (χ3v) is 4.43. The van der Waals surface area contributed by atoms with Gasteiger partial charge in [0.15, 0.2) is 0 Å². The van der Waals surface area contributed by atoms with Crippen molar-refractivity contribution in [3.63, 3.8) is 0 Å². The molecule has 1 N–H and O–H groups in total. The summed E-state index contributed by atoms with van der Waals surface area (Å²) in [5, 5.41) is 3.45. The Morgan fingerprint density at radius 1 is 1.04 bits per heavy atom. The average molecular weight is 377 g/mol. The highest BCUT2D eigenvalue weighted by atomic mass is 35.5. The van der Waals surface area contributed by atoms with Gasteiger partial charge in [-0.1, -0.05) is 11.6 Å². The number of ether oxygens (including phenoxy) is 1. The molecule has 6 nitrogen and oxygen atoms in total. The molecule has 0 aliphatic carbocycles. The van der Waals surface area contributed by atoms with Crippen molar-refractivity contribution < 1.29 is 18.7 Å². The van der Waals surface area contributed by atoms with Crippen LogP contribution in [0.25, 0.3) is 11.3 Å². The highest BCUT2D eigenvalue weighted by molar-refractivity contribution is 6.30. The first-order valence-corrected chi connectivity index (χ1v) is 8.96. The van der Waals surface area contributed by atoms with Gasteiger partial charge in [-0.05, 0) is 36.4 Å². The maximum absolute atomic E-state index is 12.0. The van der Waals surface area contributed by atoms with E-state index in [-0.39, 0.29) is 31.2 Å². The van der Waals surface area contributed by atoms with E-state index in [1.165, 1.54) is 0 Å². The van der Waals surface area contributed by atoms with Gasteiger partial charge in [-0.25, -0.2) is 0 Å². The highest BCUT2D eigenvalue weighted by Gasteiger charge is 2.17. The maximum Gasteiger partial charge on any atom is 0.223 e. The van der Waals surface area contributed by atoms with Crippen molar-refractivity contribution in [2.75, 3.05) is 26.3 Å². The molecule has 0 atom stereocenters. The molecule has 1 aliphatic rings. The minimum atomic E-state index is -0.170. The van der Waals surface area contributed by atoms with E-state index in [9.17, 15) is 9.59 Å². The van der Waals surface area contributed by atoms with Gasteiger partial charge in [0.25, 0.3) is 0 Å². The van der Waals surface area contributed by atoms with Gasteiger partial charge in [0.2, 0.25) is 11.8 Å². The number of carbonyl (C=O) groups excluding carboxylic acids is 2. The summed E-state index contributed by atoms with van der Waals surface area (Å²) in [4.78, 5) is 25.7. The first-order valence-electron chi connectivity index (χ1n) is 8.59. The monoisotopic (exact) mass is 376 g/mol. The van der Waals surface area contributed by atoms with Crippen LogP contribution >= 0.6 is 11.6 Å². The van der Waals surface area contributed by atoms with Gasteiger partial charge in [0.05, 0.1) is 19.8 Å². The number of hydrogen-bond acceptors (Lipinski definition) is 4. The number of carbonyl (C=O) groups is 2. The summed E-state index contributed by atoms with van der Waals surface area (Å²) in [7, 11) is 0. The molecule has 1 saturated heterocycles. The second-order valence-electron chi connectivity index (χ2n) is 6.04. The first-order chi connectivity index (χ1) is 12.6. The van der Waals surface area contributed by atoms with Gasteiger partial charge < -0.3 is 19.4 Å². The van der Waals surface area contributed by atoms with Gasteiger partial charge in [0, 0.05) is 36.5 Å². The quantitative estimate of drug-likeness (QED) is 0.841. The fraction of sp³-hybridized carbons (Fsp3) is 0.368. The highest BCUT2D eigenvalue weighted by Crippen LogP contribution is 2.23. The Labute approximate surface area is 157 Å². The van der Waals surface area contributed by atoms with Crippen molar-refractivity contribution in [3.8, 4) is 11.3 Å². The number of amides is 2. The zero-order valence-corrected chi connectivity index (χ0v) is 15.1. The van der Waals surface area contributed by atoms with Crippen LogP contribution in [0.5, 0.6) is 0 Å². The molecule has 2 aromatic rings. The van der Waals surface area contributed by atoms with Crippen LogP contribution in [-0.4, -0.2) is 43.0 Å². The second kappa shape index (κ2) is 8.87. The molecule has 0 spiro atoms. The van der Waals surface area contributed by atoms with E-state index in [0.29, 0.717) is 42.8 Å². The van der Waals surface area contributed by atoms with Gasteiger partial charge in [-0.15, -0.1) is 0 Å². The third-order valence-electron chi connectivity index (χ3n) is 4.18. The Balaban J connectivity index is 1.43. The molecule has 1 aromatic heterocycles. The van der Waals surface area contributed by atoms with E-state index in [1.807, 2.05) is 24.3 Å². The van der Waals surface area contributed by atoms with Crippen LogP contribution in [0.3, 0.4) is 0 Å². The van der Waals surface area contributed by atoms with Crippen molar-refractivity contribution in [2.45, 2.75) is 19.4 Å². The van der Waals surface area contributed by atoms with Gasteiger partial charge >= 0.3 is 0 Å². The third kappa shape index (κ3) is 5.09. The van der Waals surface area contributed by atoms with Gasteiger partial charge in [0.1, 0.15) is 11.5 Å². The predicted octanol–water partition coefficient (Wildman–Crippen LogP) is 2.86. The molecule has 1 aliphatic heterocycles. The number of hydrogen-bond donors (Lipinski definition) is 1. The first kappa shape index (κ1) is 18.5. The summed E-state index contributed by atoms with van der Waals surface area (Å²) in [5.41, 5.74) is 0.920. The summed E-state index contributed by atoms with van der Waals surface area (Å²) in [6.07, 6.45) is 0.376. The molecular formula is C19H21ClN2O4. The fourth-order valence-corrected chi connectivity index (χ4v) is 2.83. The van der Waals surface area contributed by atoms with E-state index < -0.39 is 0 Å². The van der Waals surface area contributed by atoms with E-state index in [4.69, 9.17) is 20.8 Å². The topological polar surface area (TPSA) is 71.8 Å². The maximum atomic E-state index is 12.0. The molecular weight excluding hydrogens is 356 g/mol. The minimum Gasteiger partial charge on any atom is -0.459 e. The van der Waals surface area contributed by atoms with Crippen molar-refractivity contribution in [1.29, 1.82) is 0 Å². The molecule has 3 rings (SSSR count). The second-order valence-corrected chi connectivity index (χ2v) is 6.48. The number of morpholine rings is 1. The molecule has 0 saturated carbocycles. The molecule has 0 unspecified atom stereocenters. The standard InChI is InChI=1S/C19H21ClN2O4/c20-15-3-1-14(2-4-15)17-6-5-16(26-17)13-21-18(23)7-8-19(24)22-9-11-25-12-10-22/h1-6H,7-13H2,(H,21,23). The lowest BCUT2D eigenvalue weighted by atomic mass is 10.2. The summed E-state index contributed by atoms with van der Waals surface area (Å²) in [6, 6.07) is 11.0. The van der Waals surface area contributed by atoms with E-state index >= 15 is 0 Å². The number of halogens is 1. The number of benzene rings is 1. The summed E-state index contributed by atoms with van der Waals surface area (Å²) >= 11 is 5.88. The van der Waals surface area contributed by atoms with E-state index in [0.717, 1.165) is 5.56 Å². The van der Waals surface area contributed by atoms with Crippen LogP contribution in [-0.2, 0) is 20.9 Å². The molecule has 138 valence electrons. The zero-order chi connectivity index (χ0) is 18.4. The SMILES string of the molecule is O=C(CCC(=O)N1CCOCC1)NCc1ccc(-c2ccc(Cl)cc2)o1. The molecule has 2 heterocycles. The normalized spacial score (nSPS) is 14.3. The van der Waals surface area contributed by atoms with Crippen molar-refractivity contribution in [2.24, 2.45) is 0 Å². The summed E-state index contributed by atoms with van der Waals surface area (Å²) in [5.74, 6) is 1.19. The van der Waals surface area contributed by atoms with Crippen LogP contribution in [0.1, 0.15) is 18.6 Å². The Morgan fingerprint density at radius 2 is 1.77 bits per heavy atom. The zero-order valence-electron chi connectivity index (χ0n) is 14.4. The van der Waals surface area contributed by atoms with Crippen molar-refractivity contribution in [1.82, 2.24) is 10.2 Å². The number of furan rings is 1. The lowest BCUT2D eigenvalue weighted by molar-refractivity contribution is -0.137. The summed E-state index contributed by atoms with van der Waals surface area (Å²) in [6.45, 7) is 2.61. The Bertz CT molecular complexity index is 751. The van der Waals surface area contributed by atoms with Gasteiger partial charge in [-0.3, -0.25) is 9.59 Å². The number of rotatable bonds is 6. The molecule has 1 aromatic carbocycles. The van der Waals surface area contributed by atoms with Crippen LogP contribution in [0.2, 0.25) is 5.02 Å². The predicted molar refractivity (Wildman–Crippen MR) is 97.6 cm³/mol. The number of nitrogens with one attached hydrogen (secondary N) is 1. The molecule has 26 heavy (non-hydrogen) atoms. The minimum absolute atomic E-state index is 0.00790. The molecule has 7 heteroatoms. The molecule has 1 fully saturated rings. The molecule has 0 radical (unpaired) electrons. The average Bonchev–Trinajstić information content (AvgIpc) is 3.14. The Hall–Kier alpha value is -2.31. The van der Waals surface area contributed by atoms with Crippen LogP contribution in [0.15, 0.2) is 40.8 Å². The van der Waals surface area contributed by atoms with Crippen molar-refractivity contribution in [3.05, 3.63) is 47.2 Å². The Kier molecular flexibility index (Phi) is 6.30. The van der Waals surface area contributed by atoms with Crippen LogP contribution in [0.4, 0.5) is 0 Å². The Morgan fingerprint density at radius 3 is 2.50 bits per heavy atom. The number of nitrogens with zero attached hydrogens (tertiary/aromatic N) is 1. The largest absolute Gasteiger partial charge is 0.459 e. The molecule has 0 bridgehead atoms. The van der Waals surface area contributed by atoms with Crippen molar-refractivity contribution >= 4 is 23.4 Å². The van der Waals surface area contributed by atoms with Crippen LogP contribution in [0, 0.1) is 0 Å². The van der Waals surface area contributed by atoms with E-state index in [1.54, 1.807) is 17.0 Å². The lowest BCUT2D eigenvalue weighted by Gasteiger charge is -2.26. The lowest BCUT2D eigenvalue weighted by Crippen LogP contribution is -2.41. The smallest absolute Gasteiger partial charge is 0.223 e. The van der Waals surface area contributed by atoms with E-state index in [2.05, 4.69) is 5.32 Å². The molecule has 2 amide bonds. The van der Waals surface area contributed by atoms with Gasteiger partial charge in [-0.2, -0.15) is 0 Å². The summed E-state index contributed by atoms with van der Waals surface area (Å²) < 4.78 is 10.9. The van der Waals surface area contributed by atoms with Crippen LogP contribution < -0.4 is 5.32 Å². The fourth-order valence-electron chi connectivity index (χ4n) is 2.71.